The van der Waals surface area contributed by atoms with Crippen molar-refractivity contribution < 1.29 is 23.0 Å². The Morgan fingerprint density at radius 2 is 1.70 bits per heavy atom. The third kappa shape index (κ3) is 4.42. The fourth-order valence-electron chi connectivity index (χ4n) is 3.78. The van der Waals surface area contributed by atoms with E-state index in [1.165, 1.54) is 26.5 Å². The van der Waals surface area contributed by atoms with Crippen LogP contribution in [-0.2, 0) is 4.79 Å². The number of hydrogen-bond donors (Lipinski definition) is 3. The number of nitrogens with zero attached hydrogens (tertiary/aromatic N) is 2. The Kier molecular flexibility index (Phi) is 6.36. The monoisotopic (exact) mass is 455 g/mol. The number of benzene rings is 1. The second-order valence-corrected chi connectivity index (χ2v) is 7.50. The fourth-order valence-corrected chi connectivity index (χ4v) is 3.78. The molecule has 3 aromatic rings. The van der Waals surface area contributed by atoms with E-state index in [-0.39, 0.29) is 40.7 Å². The van der Waals surface area contributed by atoms with E-state index >= 15 is 0 Å². The third-order valence-corrected chi connectivity index (χ3v) is 5.49. The smallest absolute Gasteiger partial charge is 0.243 e. The lowest BCUT2D eigenvalue weighted by molar-refractivity contribution is -0.117. The first-order valence-electron chi connectivity index (χ1n) is 10.2. The summed E-state index contributed by atoms with van der Waals surface area (Å²) in [7, 11) is 2.58. The lowest BCUT2D eigenvalue weighted by atomic mass is 10.1. The molecule has 0 aliphatic carbocycles. The Morgan fingerprint density at radius 3 is 2.36 bits per heavy atom. The van der Waals surface area contributed by atoms with Crippen molar-refractivity contribution >= 4 is 22.5 Å². The van der Waals surface area contributed by atoms with Crippen molar-refractivity contribution in [3.8, 4) is 22.8 Å². The molecule has 2 aromatic heterocycles. The Morgan fingerprint density at radius 1 is 1.06 bits per heavy atom. The number of nitrogens with one attached hydrogen (secondary N) is 3. The maximum atomic E-state index is 14.9. The van der Waals surface area contributed by atoms with Gasteiger partial charge in [-0.05, 0) is 18.2 Å². The minimum atomic E-state index is -0.866. The van der Waals surface area contributed by atoms with Crippen molar-refractivity contribution in [2.45, 2.75) is 12.1 Å². The van der Waals surface area contributed by atoms with Crippen LogP contribution in [0.4, 0.5) is 14.6 Å². The molecule has 1 aliphatic heterocycles. The summed E-state index contributed by atoms with van der Waals surface area (Å²) in [6.45, 7) is 4.74. The van der Waals surface area contributed by atoms with E-state index in [1.807, 2.05) is 0 Å². The van der Waals surface area contributed by atoms with E-state index in [4.69, 9.17) is 9.47 Å². The highest BCUT2D eigenvalue weighted by Gasteiger charge is 2.28. The van der Waals surface area contributed by atoms with Crippen molar-refractivity contribution in [3.05, 3.63) is 54.9 Å². The summed E-state index contributed by atoms with van der Waals surface area (Å²) in [4.78, 5) is 20.3. The van der Waals surface area contributed by atoms with E-state index in [9.17, 15) is 13.6 Å². The summed E-state index contributed by atoms with van der Waals surface area (Å²) in [5, 5.41) is 10.8. The molecule has 2 atom stereocenters. The SMILES string of the molecule is C=CC(=O)N[C@H]1CNC[C@H]1Nc1cc2cnc(-c3c(F)c(OC)cc(OC)c3F)cc2cn1. The average Bonchev–Trinajstić information content (AvgIpc) is 3.25. The quantitative estimate of drug-likeness (QED) is 0.471. The van der Waals surface area contributed by atoms with Crippen molar-refractivity contribution in [1.82, 2.24) is 20.6 Å². The topological polar surface area (TPSA) is 97.4 Å². The van der Waals surface area contributed by atoms with Crippen LogP contribution in [0.2, 0.25) is 0 Å². The number of amides is 1. The molecular formula is C23H23F2N5O3. The Labute approximate surface area is 189 Å². The molecule has 1 aliphatic rings. The largest absolute Gasteiger partial charge is 0.494 e. The van der Waals surface area contributed by atoms with Crippen LogP contribution in [0.25, 0.3) is 22.0 Å². The van der Waals surface area contributed by atoms with E-state index in [1.54, 1.807) is 18.3 Å². The zero-order valence-electron chi connectivity index (χ0n) is 18.1. The Balaban J connectivity index is 1.63. The summed E-state index contributed by atoms with van der Waals surface area (Å²) in [6.07, 6.45) is 4.35. The van der Waals surface area contributed by atoms with Gasteiger partial charge in [-0.2, -0.15) is 0 Å². The molecule has 172 valence electrons. The summed E-state index contributed by atoms with van der Waals surface area (Å²) in [6, 6.07) is 4.30. The van der Waals surface area contributed by atoms with Gasteiger partial charge in [0.25, 0.3) is 0 Å². The normalized spacial score (nSPS) is 17.6. The van der Waals surface area contributed by atoms with Gasteiger partial charge < -0.3 is 25.4 Å². The zero-order valence-corrected chi connectivity index (χ0v) is 18.1. The van der Waals surface area contributed by atoms with Crippen LogP contribution in [-0.4, -0.2) is 55.3 Å². The molecule has 1 aromatic carbocycles. The van der Waals surface area contributed by atoms with Gasteiger partial charge in [-0.3, -0.25) is 9.78 Å². The van der Waals surface area contributed by atoms with Gasteiger partial charge in [0.1, 0.15) is 5.82 Å². The lowest BCUT2D eigenvalue weighted by Crippen LogP contribution is -2.45. The van der Waals surface area contributed by atoms with Gasteiger partial charge in [0.2, 0.25) is 5.91 Å². The van der Waals surface area contributed by atoms with Gasteiger partial charge in [-0.25, -0.2) is 13.8 Å². The second kappa shape index (κ2) is 9.37. The van der Waals surface area contributed by atoms with Crippen molar-refractivity contribution in [2.24, 2.45) is 0 Å². The standard InChI is InChI=1S/C23H23F2N5O3/c1-4-20(31)30-16-11-26-10-15(16)29-19-6-13-8-27-14(5-12(13)9-28-19)21-22(24)17(32-2)7-18(33-3)23(21)25/h4-9,15-16,26H,1,10-11H2,2-3H3,(H,28,29)(H,30,31)/t15-,16+/m1/s1. The predicted octanol–water partition coefficient (Wildman–Crippen LogP) is 2.65. The molecule has 1 saturated heterocycles. The molecule has 3 N–H and O–H groups in total. The van der Waals surface area contributed by atoms with Gasteiger partial charge in [0.15, 0.2) is 23.1 Å². The molecule has 1 fully saturated rings. The number of aromatic nitrogens is 2. The van der Waals surface area contributed by atoms with Gasteiger partial charge in [-0.1, -0.05) is 6.58 Å². The molecule has 33 heavy (non-hydrogen) atoms. The van der Waals surface area contributed by atoms with Gasteiger partial charge in [0, 0.05) is 42.3 Å². The van der Waals surface area contributed by atoms with E-state index in [0.29, 0.717) is 24.3 Å². The molecular weight excluding hydrogens is 432 g/mol. The van der Waals surface area contributed by atoms with Crippen LogP contribution in [0.3, 0.4) is 0 Å². The Hall–Kier alpha value is -3.79. The van der Waals surface area contributed by atoms with Gasteiger partial charge in [-0.15, -0.1) is 0 Å². The first kappa shape index (κ1) is 22.4. The van der Waals surface area contributed by atoms with Crippen LogP contribution >= 0.6 is 0 Å². The number of hydrogen-bond acceptors (Lipinski definition) is 7. The molecule has 0 saturated carbocycles. The average molecular weight is 455 g/mol. The summed E-state index contributed by atoms with van der Waals surface area (Å²) >= 11 is 0. The van der Waals surface area contributed by atoms with E-state index < -0.39 is 11.6 Å². The maximum absolute atomic E-state index is 14.9. The minimum Gasteiger partial charge on any atom is -0.494 e. The molecule has 0 spiro atoms. The predicted molar refractivity (Wildman–Crippen MR) is 120 cm³/mol. The molecule has 8 nitrogen and oxygen atoms in total. The number of carbonyl (C=O) groups is 1. The molecule has 1 amide bonds. The molecule has 10 heteroatoms. The number of methoxy groups -OCH3 is 2. The maximum Gasteiger partial charge on any atom is 0.243 e. The van der Waals surface area contributed by atoms with Crippen LogP contribution < -0.4 is 25.4 Å². The van der Waals surface area contributed by atoms with Crippen LogP contribution in [0.1, 0.15) is 0 Å². The highest BCUT2D eigenvalue weighted by Crippen LogP contribution is 2.37. The van der Waals surface area contributed by atoms with Crippen molar-refractivity contribution in [1.29, 1.82) is 0 Å². The second-order valence-electron chi connectivity index (χ2n) is 7.50. The lowest BCUT2D eigenvalue weighted by Gasteiger charge is -2.21. The fraction of sp³-hybridized carbons (Fsp3) is 0.261. The molecule has 0 unspecified atom stereocenters. The first-order chi connectivity index (χ1) is 15.9. The van der Waals surface area contributed by atoms with E-state index in [0.717, 1.165) is 11.5 Å². The van der Waals surface area contributed by atoms with Gasteiger partial charge >= 0.3 is 0 Å². The number of rotatable bonds is 7. The number of carbonyl (C=O) groups excluding carboxylic acids is 1. The van der Waals surface area contributed by atoms with Crippen LogP contribution in [0.15, 0.2) is 43.2 Å². The molecule has 3 heterocycles. The van der Waals surface area contributed by atoms with Gasteiger partial charge in [0.05, 0.1) is 37.6 Å². The summed E-state index contributed by atoms with van der Waals surface area (Å²) in [5.41, 5.74) is -0.252. The number of anilines is 1. The van der Waals surface area contributed by atoms with Crippen molar-refractivity contribution in [2.75, 3.05) is 32.6 Å². The zero-order chi connectivity index (χ0) is 23.5. The Bertz CT molecular complexity index is 1190. The number of fused-ring (bicyclic) bond motifs is 1. The number of pyridine rings is 2. The molecule has 0 bridgehead atoms. The minimum absolute atomic E-state index is 0.0708. The number of ether oxygens (including phenoxy) is 2. The summed E-state index contributed by atoms with van der Waals surface area (Å²) < 4.78 is 39.7. The third-order valence-electron chi connectivity index (χ3n) is 5.49. The molecule has 4 rings (SSSR count). The highest BCUT2D eigenvalue weighted by atomic mass is 19.1. The van der Waals surface area contributed by atoms with Crippen molar-refractivity contribution in [3.63, 3.8) is 0 Å². The van der Waals surface area contributed by atoms with Crippen LogP contribution in [0.5, 0.6) is 11.5 Å². The molecule has 0 radical (unpaired) electrons. The first-order valence-corrected chi connectivity index (χ1v) is 10.2. The highest BCUT2D eigenvalue weighted by molar-refractivity contribution is 5.88. The van der Waals surface area contributed by atoms with Crippen LogP contribution in [0, 0.1) is 11.6 Å². The summed E-state index contributed by atoms with van der Waals surface area (Å²) in [5.74, 6) is -1.68. The van der Waals surface area contributed by atoms with E-state index in [2.05, 4.69) is 32.5 Å². The number of halogens is 2.